The number of aliphatic hydroxyl groups excluding tert-OH is 2. The molecule has 0 spiro atoms. The van der Waals surface area contributed by atoms with Crippen LogP contribution in [0.25, 0.3) is 5.52 Å². The van der Waals surface area contributed by atoms with Gasteiger partial charge in [0.1, 0.15) is 42.4 Å². The average Bonchev–Trinajstić information content (AvgIpc) is 3.23. The number of carbonyl (C=O) groups is 1. The number of fused-ring (bicyclic) bond motifs is 1. The van der Waals surface area contributed by atoms with Gasteiger partial charge in [0.05, 0.1) is 11.6 Å². The molecule has 4 N–H and O–H groups in total. The van der Waals surface area contributed by atoms with Crippen LogP contribution in [0, 0.1) is 5.92 Å². The fourth-order valence-electron chi connectivity index (χ4n) is 3.78. The fourth-order valence-corrected chi connectivity index (χ4v) is 3.78. The number of hydrogen-bond acceptors (Lipinski definition) is 8. The van der Waals surface area contributed by atoms with Crippen molar-refractivity contribution in [2.24, 2.45) is 5.92 Å². The Bertz CT molecular complexity index is 857. The first-order valence-corrected chi connectivity index (χ1v) is 10.1. The molecule has 160 valence electrons. The van der Waals surface area contributed by atoms with Crippen LogP contribution in [0.1, 0.15) is 52.1 Å². The Morgan fingerprint density at radius 1 is 1.41 bits per heavy atom. The van der Waals surface area contributed by atoms with Gasteiger partial charge < -0.3 is 25.4 Å². The van der Waals surface area contributed by atoms with Crippen molar-refractivity contribution in [1.29, 1.82) is 0 Å². The van der Waals surface area contributed by atoms with Crippen molar-refractivity contribution in [3.63, 3.8) is 0 Å². The van der Waals surface area contributed by atoms with Gasteiger partial charge in [0.2, 0.25) is 0 Å². The minimum absolute atomic E-state index is 0.134. The molecule has 0 aliphatic carbocycles. The number of esters is 1. The highest BCUT2D eigenvalue weighted by atomic mass is 16.6. The lowest BCUT2D eigenvalue weighted by atomic mass is 9.93. The van der Waals surface area contributed by atoms with Crippen LogP contribution in [-0.2, 0) is 19.9 Å². The average molecular weight is 406 g/mol. The van der Waals surface area contributed by atoms with Gasteiger partial charge in [-0.3, -0.25) is 4.79 Å². The van der Waals surface area contributed by atoms with Crippen LogP contribution < -0.4 is 5.73 Å². The van der Waals surface area contributed by atoms with E-state index in [4.69, 9.17) is 15.2 Å². The molecule has 5 atom stereocenters. The van der Waals surface area contributed by atoms with Crippen molar-refractivity contribution in [2.75, 3.05) is 12.3 Å². The largest absolute Gasteiger partial charge is 0.463 e. The molecule has 2 aromatic heterocycles. The first-order valence-electron chi connectivity index (χ1n) is 10.1. The van der Waals surface area contributed by atoms with Gasteiger partial charge in [0.15, 0.2) is 5.82 Å². The van der Waals surface area contributed by atoms with Gasteiger partial charge in [0, 0.05) is 0 Å². The molecule has 1 saturated heterocycles. The number of aliphatic hydroxyl groups is 2. The van der Waals surface area contributed by atoms with Crippen molar-refractivity contribution < 1.29 is 24.5 Å². The number of ether oxygens (including phenoxy) is 2. The number of rotatable bonds is 8. The van der Waals surface area contributed by atoms with Crippen molar-refractivity contribution in [1.82, 2.24) is 14.6 Å². The Balaban J connectivity index is 1.69. The van der Waals surface area contributed by atoms with E-state index >= 15 is 0 Å². The molecule has 1 aliphatic heterocycles. The second-order valence-corrected chi connectivity index (χ2v) is 7.89. The smallest absolute Gasteiger partial charge is 0.308 e. The normalized spacial score (nSPS) is 28.0. The molecule has 1 unspecified atom stereocenters. The van der Waals surface area contributed by atoms with E-state index in [1.807, 2.05) is 6.92 Å². The van der Waals surface area contributed by atoms with Crippen LogP contribution in [0.4, 0.5) is 5.82 Å². The zero-order valence-electron chi connectivity index (χ0n) is 17.1. The topological polar surface area (TPSA) is 132 Å². The highest BCUT2D eigenvalue weighted by Crippen LogP contribution is 2.40. The molecule has 0 saturated carbocycles. The summed E-state index contributed by atoms with van der Waals surface area (Å²) in [6.07, 6.45) is 1.90. The van der Waals surface area contributed by atoms with Gasteiger partial charge in [-0.25, -0.2) is 9.50 Å². The van der Waals surface area contributed by atoms with Crippen molar-refractivity contribution >= 4 is 17.3 Å². The third kappa shape index (κ3) is 4.08. The number of nitrogens with two attached hydrogens (primary N) is 1. The van der Waals surface area contributed by atoms with Crippen molar-refractivity contribution in [2.45, 2.75) is 70.4 Å². The van der Waals surface area contributed by atoms with E-state index < -0.39 is 23.9 Å². The number of carbonyl (C=O) groups excluding carboxylic acids is 1. The summed E-state index contributed by atoms with van der Waals surface area (Å²) in [7, 11) is 0. The van der Waals surface area contributed by atoms with E-state index in [1.54, 1.807) is 19.1 Å². The molecular formula is C20H30N4O5. The number of aromatic nitrogens is 3. The Hall–Kier alpha value is -2.23. The maximum absolute atomic E-state index is 12.2. The quantitative estimate of drug-likeness (QED) is 0.443. The summed E-state index contributed by atoms with van der Waals surface area (Å²) in [5, 5.41) is 25.4. The van der Waals surface area contributed by atoms with Gasteiger partial charge in [0.25, 0.3) is 0 Å². The molecule has 1 fully saturated rings. The summed E-state index contributed by atoms with van der Waals surface area (Å²) < 4.78 is 12.9. The third-order valence-corrected chi connectivity index (χ3v) is 5.69. The lowest BCUT2D eigenvalue weighted by molar-refractivity contribution is -0.156. The molecule has 0 bridgehead atoms. The first-order chi connectivity index (χ1) is 13.8. The van der Waals surface area contributed by atoms with E-state index in [9.17, 15) is 15.0 Å². The summed E-state index contributed by atoms with van der Waals surface area (Å²) in [6, 6.07) is 3.45. The monoisotopic (exact) mass is 406 g/mol. The Morgan fingerprint density at radius 3 is 2.90 bits per heavy atom. The van der Waals surface area contributed by atoms with Gasteiger partial charge in [-0.15, -0.1) is 0 Å². The second kappa shape index (κ2) is 8.64. The number of unbranched alkanes of at least 4 members (excludes halogenated alkanes) is 2. The number of nitrogens with zero attached hydrogens (tertiary/aromatic N) is 3. The Morgan fingerprint density at radius 2 is 2.17 bits per heavy atom. The molecule has 9 heteroatoms. The van der Waals surface area contributed by atoms with Gasteiger partial charge >= 0.3 is 5.97 Å². The van der Waals surface area contributed by atoms with E-state index in [1.165, 1.54) is 10.8 Å². The Kier molecular flexibility index (Phi) is 6.40. The highest BCUT2D eigenvalue weighted by molar-refractivity contribution is 5.72. The molecule has 9 nitrogen and oxygen atoms in total. The van der Waals surface area contributed by atoms with Gasteiger partial charge in [-0.05, 0) is 25.5 Å². The fraction of sp³-hybridized carbons (Fsp3) is 0.650. The summed E-state index contributed by atoms with van der Waals surface area (Å²) in [6.45, 7) is 5.47. The molecule has 0 aromatic carbocycles. The SMILES string of the molecule is CCCCCC(C)C(=O)OC[C@H]1O[C@@](C)(c2ccc3c(N)ncnn23)[C@H](O)[C@@H]1O. The molecular weight excluding hydrogens is 376 g/mol. The molecule has 0 amide bonds. The lowest BCUT2D eigenvalue weighted by Gasteiger charge is -2.27. The van der Waals surface area contributed by atoms with Crippen molar-refractivity contribution in [3.8, 4) is 0 Å². The van der Waals surface area contributed by atoms with Crippen molar-refractivity contribution in [3.05, 3.63) is 24.2 Å². The summed E-state index contributed by atoms with van der Waals surface area (Å²) in [5.74, 6) is -0.246. The minimum atomic E-state index is -1.25. The zero-order chi connectivity index (χ0) is 21.2. The molecule has 2 aromatic rings. The maximum atomic E-state index is 12.2. The van der Waals surface area contributed by atoms with Crippen LogP contribution in [0.5, 0.6) is 0 Å². The number of anilines is 1. The lowest BCUT2D eigenvalue weighted by Crippen LogP contribution is -2.39. The molecule has 3 heterocycles. The van der Waals surface area contributed by atoms with Crippen LogP contribution in [0.2, 0.25) is 0 Å². The predicted octanol–water partition coefficient (Wildman–Crippen LogP) is 1.41. The van der Waals surface area contributed by atoms with Crippen LogP contribution in [0.3, 0.4) is 0 Å². The molecule has 3 rings (SSSR count). The van der Waals surface area contributed by atoms with Gasteiger partial charge in [-0.1, -0.05) is 33.1 Å². The van der Waals surface area contributed by atoms with Crippen LogP contribution >= 0.6 is 0 Å². The third-order valence-electron chi connectivity index (χ3n) is 5.69. The van der Waals surface area contributed by atoms with E-state index in [0.29, 0.717) is 17.0 Å². The maximum Gasteiger partial charge on any atom is 0.308 e. The number of nitrogen functional groups attached to an aromatic ring is 1. The Labute approximate surface area is 169 Å². The van der Waals surface area contributed by atoms with E-state index in [-0.39, 0.29) is 18.5 Å². The van der Waals surface area contributed by atoms with Crippen LogP contribution in [0.15, 0.2) is 18.5 Å². The standard InChI is InChI=1S/C20H30N4O5/c1-4-5-6-7-12(2)19(27)28-10-14-16(25)17(26)20(3,29-14)15-9-8-13-18(21)22-11-23-24(13)15/h8-9,11-12,14,16-17,25-26H,4-7,10H2,1-3H3,(H2,21,22,23)/t12?,14-,16-,17-,20+/m1/s1. The van der Waals surface area contributed by atoms with Gasteiger partial charge in [-0.2, -0.15) is 5.10 Å². The minimum Gasteiger partial charge on any atom is -0.463 e. The van der Waals surface area contributed by atoms with Crippen LogP contribution in [-0.4, -0.2) is 55.7 Å². The second-order valence-electron chi connectivity index (χ2n) is 7.89. The predicted molar refractivity (Wildman–Crippen MR) is 106 cm³/mol. The summed E-state index contributed by atoms with van der Waals surface area (Å²) in [5.41, 5.74) is 5.71. The molecule has 29 heavy (non-hydrogen) atoms. The first kappa shape index (κ1) is 21.5. The molecule has 0 radical (unpaired) electrons. The number of hydrogen-bond donors (Lipinski definition) is 3. The zero-order valence-corrected chi connectivity index (χ0v) is 17.1. The van der Waals surface area contributed by atoms with E-state index in [2.05, 4.69) is 17.0 Å². The highest BCUT2D eigenvalue weighted by Gasteiger charge is 2.54. The summed E-state index contributed by atoms with van der Waals surface area (Å²) in [4.78, 5) is 16.2. The molecule has 1 aliphatic rings. The summed E-state index contributed by atoms with van der Waals surface area (Å²) >= 11 is 0. The van der Waals surface area contributed by atoms with E-state index in [0.717, 1.165) is 25.7 Å².